The van der Waals surface area contributed by atoms with E-state index in [2.05, 4.69) is 36.4 Å². The molecule has 1 aromatic heterocycles. The first kappa shape index (κ1) is 8.85. The van der Waals surface area contributed by atoms with E-state index in [1.54, 1.807) is 0 Å². The molecule has 0 N–H and O–H groups in total. The summed E-state index contributed by atoms with van der Waals surface area (Å²) in [7, 11) is 2.04. The Bertz CT molecular complexity index is 316. The highest BCUT2D eigenvalue weighted by Gasteiger charge is 2.03. The molecule has 0 bridgehead atoms. The van der Waals surface area contributed by atoms with Crippen molar-refractivity contribution < 1.29 is 0 Å². The Balaban J connectivity index is 3.31. The van der Waals surface area contributed by atoms with Gasteiger partial charge in [-0.25, -0.2) is 0 Å². The Morgan fingerprint density at radius 1 is 1.50 bits per heavy atom. The summed E-state index contributed by atoms with van der Waals surface area (Å²) in [4.78, 5) is 0. The van der Waals surface area contributed by atoms with Gasteiger partial charge in [-0.05, 0) is 25.5 Å². The minimum Gasteiger partial charge on any atom is -0.350 e. The Hall–Kier alpha value is -1.24. The van der Waals surface area contributed by atoms with Crippen LogP contribution in [0.15, 0.2) is 18.9 Å². The average molecular weight is 161 g/mol. The van der Waals surface area contributed by atoms with Crippen LogP contribution in [0, 0.1) is 6.92 Å². The van der Waals surface area contributed by atoms with Crippen LogP contribution in [0.4, 0.5) is 0 Å². The molecule has 0 saturated carbocycles. The minimum atomic E-state index is 1.19. The molecule has 1 heteroatoms. The first-order chi connectivity index (χ1) is 5.70. The maximum atomic E-state index is 3.79. The summed E-state index contributed by atoms with van der Waals surface area (Å²) < 4.78 is 2.09. The summed E-state index contributed by atoms with van der Waals surface area (Å²) in [6.07, 6.45) is 8.18. The van der Waals surface area contributed by atoms with E-state index >= 15 is 0 Å². The van der Waals surface area contributed by atoms with Crippen LogP contribution >= 0.6 is 0 Å². The second-order valence-corrected chi connectivity index (χ2v) is 2.93. The van der Waals surface area contributed by atoms with Crippen molar-refractivity contribution in [2.75, 3.05) is 0 Å². The van der Waals surface area contributed by atoms with Crippen molar-refractivity contribution in [1.82, 2.24) is 4.57 Å². The van der Waals surface area contributed by atoms with Gasteiger partial charge in [-0.1, -0.05) is 18.7 Å². The Morgan fingerprint density at radius 3 is 2.67 bits per heavy atom. The number of hydrogen-bond donors (Lipinski definition) is 0. The summed E-state index contributed by atoms with van der Waals surface area (Å²) in [5.41, 5.74) is 3.76. The number of hydrogen-bond acceptors (Lipinski definition) is 0. The number of rotatable bonds is 2. The lowest BCUT2D eigenvalue weighted by atomic mass is 10.1. The van der Waals surface area contributed by atoms with E-state index in [4.69, 9.17) is 0 Å². The van der Waals surface area contributed by atoms with Crippen molar-refractivity contribution in [3.05, 3.63) is 35.7 Å². The standard InChI is InChI=1S/C11H15N/c1-5-7-10-9(3)8-12(4)11(10)6-2/h5-8H,2H2,1,3-4H3/b7-5-. The van der Waals surface area contributed by atoms with E-state index in [0.29, 0.717) is 0 Å². The third-order valence-corrected chi connectivity index (χ3v) is 1.99. The average Bonchev–Trinajstić information content (AvgIpc) is 2.28. The maximum absolute atomic E-state index is 3.79. The summed E-state index contributed by atoms with van der Waals surface area (Å²) in [5.74, 6) is 0. The van der Waals surface area contributed by atoms with Crippen LogP contribution in [0.25, 0.3) is 12.2 Å². The van der Waals surface area contributed by atoms with Crippen molar-refractivity contribution in [2.24, 2.45) is 7.05 Å². The normalized spacial score (nSPS) is 10.9. The SMILES string of the molecule is C=Cc1c(/C=C\C)c(C)cn1C. The molecule has 64 valence electrons. The molecule has 0 radical (unpaired) electrons. The monoisotopic (exact) mass is 161 g/mol. The summed E-state index contributed by atoms with van der Waals surface area (Å²) in [6.45, 7) is 7.93. The Morgan fingerprint density at radius 2 is 2.17 bits per heavy atom. The second kappa shape index (κ2) is 3.44. The molecule has 0 spiro atoms. The highest BCUT2D eigenvalue weighted by molar-refractivity contribution is 5.65. The Labute approximate surface area is 74.0 Å². The van der Waals surface area contributed by atoms with Gasteiger partial charge in [0.1, 0.15) is 0 Å². The molecule has 0 aliphatic heterocycles. The van der Waals surface area contributed by atoms with E-state index in [0.717, 1.165) is 0 Å². The van der Waals surface area contributed by atoms with E-state index in [1.807, 2.05) is 20.0 Å². The van der Waals surface area contributed by atoms with Gasteiger partial charge in [0.15, 0.2) is 0 Å². The van der Waals surface area contributed by atoms with Crippen LogP contribution in [-0.4, -0.2) is 4.57 Å². The van der Waals surface area contributed by atoms with Gasteiger partial charge >= 0.3 is 0 Å². The van der Waals surface area contributed by atoms with E-state index < -0.39 is 0 Å². The van der Waals surface area contributed by atoms with Gasteiger partial charge < -0.3 is 4.57 Å². The smallest absolute Gasteiger partial charge is 0.0474 e. The molecule has 0 atom stereocenters. The van der Waals surface area contributed by atoms with Crippen molar-refractivity contribution in [3.8, 4) is 0 Å². The number of allylic oxidation sites excluding steroid dienone is 1. The predicted octanol–water partition coefficient (Wildman–Crippen LogP) is 3.01. The minimum absolute atomic E-state index is 1.19. The fraction of sp³-hybridized carbons (Fsp3) is 0.273. The van der Waals surface area contributed by atoms with Gasteiger partial charge in [-0.3, -0.25) is 0 Å². The van der Waals surface area contributed by atoms with Crippen molar-refractivity contribution in [1.29, 1.82) is 0 Å². The van der Waals surface area contributed by atoms with Gasteiger partial charge in [-0.15, -0.1) is 0 Å². The molecule has 0 fully saturated rings. The molecule has 1 nitrogen and oxygen atoms in total. The number of nitrogens with zero attached hydrogens (tertiary/aromatic N) is 1. The molecule has 0 aliphatic rings. The first-order valence-corrected chi connectivity index (χ1v) is 4.11. The molecule has 12 heavy (non-hydrogen) atoms. The molecule has 1 heterocycles. The molecule has 1 rings (SSSR count). The molecule has 0 amide bonds. The van der Waals surface area contributed by atoms with Gasteiger partial charge in [0.2, 0.25) is 0 Å². The highest BCUT2D eigenvalue weighted by atomic mass is 14.9. The summed E-state index contributed by atoms with van der Waals surface area (Å²) >= 11 is 0. The van der Waals surface area contributed by atoms with Gasteiger partial charge in [0.05, 0.1) is 0 Å². The molecular weight excluding hydrogens is 146 g/mol. The van der Waals surface area contributed by atoms with Gasteiger partial charge in [-0.2, -0.15) is 0 Å². The highest BCUT2D eigenvalue weighted by Crippen LogP contribution is 2.18. The molecule has 0 saturated heterocycles. The van der Waals surface area contributed by atoms with Crippen molar-refractivity contribution in [3.63, 3.8) is 0 Å². The van der Waals surface area contributed by atoms with Crippen LogP contribution < -0.4 is 0 Å². The van der Waals surface area contributed by atoms with E-state index in [-0.39, 0.29) is 0 Å². The predicted molar refractivity (Wildman–Crippen MR) is 54.9 cm³/mol. The lowest BCUT2D eigenvalue weighted by Crippen LogP contribution is -1.88. The third-order valence-electron chi connectivity index (χ3n) is 1.99. The van der Waals surface area contributed by atoms with Crippen LogP contribution in [0.2, 0.25) is 0 Å². The van der Waals surface area contributed by atoms with E-state index in [1.165, 1.54) is 16.8 Å². The van der Waals surface area contributed by atoms with Crippen molar-refractivity contribution in [2.45, 2.75) is 13.8 Å². The lowest BCUT2D eigenvalue weighted by molar-refractivity contribution is 0.911. The van der Waals surface area contributed by atoms with Gasteiger partial charge in [0, 0.05) is 24.5 Å². The van der Waals surface area contributed by atoms with Crippen LogP contribution in [0.1, 0.15) is 23.7 Å². The maximum Gasteiger partial charge on any atom is 0.0474 e. The zero-order valence-corrected chi connectivity index (χ0v) is 7.96. The quantitative estimate of drug-likeness (QED) is 0.628. The topological polar surface area (TPSA) is 4.93 Å². The lowest BCUT2D eigenvalue weighted by Gasteiger charge is -1.97. The molecule has 0 aliphatic carbocycles. The fourth-order valence-corrected chi connectivity index (χ4v) is 1.46. The van der Waals surface area contributed by atoms with Crippen LogP contribution in [-0.2, 0) is 7.05 Å². The summed E-state index contributed by atoms with van der Waals surface area (Å²) in [6, 6.07) is 0. The zero-order chi connectivity index (χ0) is 9.14. The summed E-state index contributed by atoms with van der Waals surface area (Å²) in [5, 5.41) is 0. The molecule has 0 aromatic carbocycles. The zero-order valence-electron chi connectivity index (χ0n) is 7.96. The Kier molecular flexibility index (Phi) is 2.54. The van der Waals surface area contributed by atoms with Crippen LogP contribution in [0.3, 0.4) is 0 Å². The van der Waals surface area contributed by atoms with Gasteiger partial charge in [0.25, 0.3) is 0 Å². The molecule has 0 unspecified atom stereocenters. The largest absolute Gasteiger partial charge is 0.350 e. The van der Waals surface area contributed by atoms with E-state index in [9.17, 15) is 0 Å². The second-order valence-electron chi connectivity index (χ2n) is 2.93. The number of aromatic nitrogens is 1. The van der Waals surface area contributed by atoms with Crippen LogP contribution in [0.5, 0.6) is 0 Å². The molecular formula is C11H15N. The number of aryl methyl sites for hydroxylation is 2. The molecule has 1 aromatic rings. The van der Waals surface area contributed by atoms with Crippen molar-refractivity contribution >= 4 is 12.2 Å². The first-order valence-electron chi connectivity index (χ1n) is 4.11. The third kappa shape index (κ3) is 1.35. The fourth-order valence-electron chi connectivity index (χ4n) is 1.46.